The van der Waals surface area contributed by atoms with Crippen molar-refractivity contribution in [3.63, 3.8) is 0 Å². The number of rotatable bonds is 7. The van der Waals surface area contributed by atoms with E-state index in [-0.39, 0.29) is 18.2 Å². The maximum atomic E-state index is 12.0. The van der Waals surface area contributed by atoms with Crippen LogP contribution in [0, 0.1) is 11.8 Å². The summed E-state index contributed by atoms with van der Waals surface area (Å²) in [5, 5.41) is 11.7. The number of carbonyl (C=O) groups is 2. The zero-order chi connectivity index (χ0) is 15.1. The molecule has 2 N–H and O–H groups in total. The van der Waals surface area contributed by atoms with E-state index in [2.05, 4.69) is 21.2 Å². The Kier molecular flexibility index (Phi) is 6.71. The summed E-state index contributed by atoms with van der Waals surface area (Å²) in [7, 11) is 0. The summed E-state index contributed by atoms with van der Waals surface area (Å²) in [5.74, 6) is -0.624. The first-order valence-corrected chi connectivity index (χ1v) is 7.43. The molecule has 1 aromatic rings. The molecule has 0 saturated carbocycles. The molecule has 110 valence electrons. The summed E-state index contributed by atoms with van der Waals surface area (Å²) in [4.78, 5) is 22.8. The molecule has 0 aliphatic heterocycles. The van der Waals surface area contributed by atoms with Crippen LogP contribution in [0.1, 0.15) is 37.0 Å². The van der Waals surface area contributed by atoms with E-state index in [1.54, 1.807) is 24.3 Å². The quantitative estimate of drug-likeness (QED) is 0.799. The Morgan fingerprint density at radius 2 is 1.85 bits per heavy atom. The first-order valence-electron chi connectivity index (χ1n) is 6.64. The van der Waals surface area contributed by atoms with Crippen molar-refractivity contribution in [2.75, 3.05) is 6.54 Å². The van der Waals surface area contributed by atoms with Gasteiger partial charge < -0.3 is 10.4 Å². The lowest BCUT2D eigenvalue weighted by Crippen LogP contribution is -2.31. The number of amides is 1. The van der Waals surface area contributed by atoms with Gasteiger partial charge in [0, 0.05) is 23.0 Å². The first kappa shape index (κ1) is 16.7. The standard InChI is InChI=1S/C15H20BrNO3/c1-10(2)7-11(8-14(18)19)9-17-15(20)12-3-5-13(16)6-4-12/h3-6,10-11H,7-9H2,1-2H3,(H,17,20)(H,18,19)/t11-/m0/s1. The molecule has 4 nitrogen and oxygen atoms in total. The number of carbonyl (C=O) groups excluding carboxylic acids is 1. The van der Waals surface area contributed by atoms with E-state index < -0.39 is 5.97 Å². The van der Waals surface area contributed by atoms with Crippen LogP contribution in [0.15, 0.2) is 28.7 Å². The van der Waals surface area contributed by atoms with Gasteiger partial charge in [-0.1, -0.05) is 29.8 Å². The summed E-state index contributed by atoms with van der Waals surface area (Å²) in [6.45, 7) is 4.48. The van der Waals surface area contributed by atoms with Gasteiger partial charge in [-0.3, -0.25) is 9.59 Å². The van der Waals surface area contributed by atoms with Crippen molar-refractivity contribution < 1.29 is 14.7 Å². The van der Waals surface area contributed by atoms with Gasteiger partial charge in [-0.2, -0.15) is 0 Å². The summed E-state index contributed by atoms with van der Waals surface area (Å²) >= 11 is 3.31. The number of benzene rings is 1. The minimum absolute atomic E-state index is 0.0353. The highest BCUT2D eigenvalue weighted by Crippen LogP contribution is 2.15. The summed E-state index contributed by atoms with van der Waals surface area (Å²) < 4.78 is 0.914. The fraction of sp³-hybridized carbons (Fsp3) is 0.467. The Morgan fingerprint density at radius 3 is 2.35 bits per heavy atom. The second-order valence-electron chi connectivity index (χ2n) is 5.31. The predicted octanol–water partition coefficient (Wildman–Crippen LogP) is 3.32. The van der Waals surface area contributed by atoms with Gasteiger partial charge in [-0.15, -0.1) is 0 Å². The molecule has 0 aromatic heterocycles. The van der Waals surface area contributed by atoms with Crippen LogP contribution in [-0.4, -0.2) is 23.5 Å². The Balaban J connectivity index is 2.55. The van der Waals surface area contributed by atoms with Crippen LogP contribution >= 0.6 is 15.9 Å². The lowest BCUT2D eigenvalue weighted by atomic mass is 9.94. The van der Waals surface area contributed by atoms with Gasteiger partial charge in [0.15, 0.2) is 0 Å². The molecule has 1 aromatic carbocycles. The van der Waals surface area contributed by atoms with Crippen LogP contribution in [0.5, 0.6) is 0 Å². The van der Waals surface area contributed by atoms with E-state index >= 15 is 0 Å². The molecule has 0 heterocycles. The second kappa shape index (κ2) is 8.04. The van der Waals surface area contributed by atoms with Crippen molar-refractivity contribution >= 4 is 27.8 Å². The smallest absolute Gasteiger partial charge is 0.303 e. The predicted molar refractivity (Wildman–Crippen MR) is 81.7 cm³/mol. The van der Waals surface area contributed by atoms with E-state index in [0.29, 0.717) is 18.0 Å². The first-order chi connectivity index (χ1) is 9.38. The molecular formula is C15H20BrNO3. The van der Waals surface area contributed by atoms with E-state index in [1.165, 1.54) is 0 Å². The molecule has 0 bridgehead atoms. The van der Waals surface area contributed by atoms with Crippen molar-refractivity contribution in [2.45, 2.75) is 26.7 Å². The van der Waals surface area contributed by atoms with Gasteiger partial charge in [0.05, 0.1) is 0 Å². The largest absolute Gasteiger partial charge is 0.481 e. The number of nitrogens with one attached hydrogen (secondary N) is 1. The molecule has 0 aliphatic carbocycles. The molecule has 20 heavy (non-hydrogen) atoms. The second-order valence-corrected chi connectivity index (χ2v) is 6.23. The van der Waals surface area contributed by atoms with Crippen LogP contribution in [0.4, 0.5) is 0 Å². The summed E-state index contributed by atoms with van der Waals surface area (Å²) in [5.41, 5.74) is 0.576. The molecule has 5 heteroatoms. The highest BCUT2D eigenvalue weighted by Gasteiger charge is 2.16. The van der Waals surface area contributed by atoms with E-state index in [9.17, 15) is 9.59 Å². The molecule has 0 aliphatic rings. The van der Waals surface area contributed by atoms with Crippen LogP contribution < -0.4 is 5.32 Å². The number of hydrogen-bond donors (Lipinski definition) is 2. The maximum absolute atomic E-state index is 12.0. The van der Waals surface area contributed by atoms with Gasteiger partial charge in [0.1, 0.15) is 0 Å². The maximum Gasteiger partial charge on any atom is 0.303 e. The van der Waals surface area contributed by atoms with Crippen LogP contribution in [0.3, 0.4) is 0 Å². The number of carboxylic acids is 1. The third-order valence-corrected chi connectivity index (χ3v) is 3.45. The van der Waals surface area contributed by atoms with Gasteiger partial charge in [0.2, 0.25) is 0 Å². The minimum atomic E-state index is -0.825. The lowest BCUT2D eigenvalue weighted by molar-refractivity contribution is -0.138. The number of halogens is 1. The zero-order valence-corrected chi connectivity index (χ0v) is 13.3. The highest BCUT2D eigenvalue weighted by molar-refractivity contribution is 9.10. The van der Waals surface area contributed by atoms with Gasteiger partial charge in [-0.05, 0) is 42.5 Å². The molecule has 1 atom stereocenters. The fourth-order valence-corrected chi connectivity index (χ4v) is 2.36. The zero-order valence-electron chi connectivity index (χ0n) is 11.7. The molecule has 1 rings (SSSR count). The van der Waals surface area contributed by atoms with Crippen LogP contribution in [0.25, 0.3) is 0 Å². The molecule has 0 spiro atoms. The average molecular weight is 342 g/mol. The van der Waals surface area contributed by atoms with Crippen LogP contribution in [0.2, 0.25) is 0 Å². The van der Waals surface area contributed by atoms with Crippen molar-refractivity contribution in [1.82, 2.24) is 5.32 Å². The number of aliphatic carboxylic acids is 1. The van der Waals surface area contributed by atoms with Crippen molar-refractivity contribution in [1.29, 1.82) is 0 Å². The topological polar surface area (TPSA) is 66.4 Å². The molecule has 0 saturated heterocycles. The van der Waals surface area contributed by atoms with E-state index in [4.69, 9.17) is 5.11 Å². The van der Waals surface area contributed by atoms with Crippen molar-refractivity contribution in [3.8, 4) is 0 Å². The van der Waals surface area contributed by atoms with Gasteiger partial charge in [-0.25, -0.2) is 0 Å². The van der Waals surface area contributed by atoms with Crippen molar-refractivity contribution in [3.05, 3.63) is 34.3 Å². The SMILES string of the molecule is CC(C)C[C@H](CNC(=O)c1ccc(Br)cc1)CC(=O)O. The Labute approximate surface area is 127 Å². The van der Waals surface area contributed by atoms with Crippen LogP contribution in [-0.2, 0) is 4.79 Å². The molecular weight excluding hydrogens is 322 g/mol. The number of hydrogen-bond acceptors (Lipinski definition) is 2. The third-order valence-electron chi connectivity index (χ3n) is 2.93. The van der Waals surface area contributed by atoms with Gasteiger partial charge in [0.25, 0.3) is 5.91 Å². The van der Waals surface area contributed by atoms with E-state index in [1.807, 2.05) is 13.8 Å². The summed E-state index contributed by atoms with van der Waals surface area (Å²) in [6.07, 6.45) is 0.867. The third kappa shape index (κ3) is 6.19. The summed E-state index contributed by atoms with van der Waals surface area (Å²) in [6, 6.07) is 7.07. The molecule has 0 fully saturated rings. The highest BCUT2D eigenvalue weighted by atomic mass is 79.9. The lowest BCUT2D eigenvalue weighted by Gasteiger charge is -2.17. The van der Waals surface area contributed by atoms with E-state index in [0.717, 1.165) is 10.9 Å². The Morgan fingerprint density at radius 1 is 1.25 bits per heavy atom. The molecule has 1 amide bonds. The number of carboxylic acid groups (broad SMARTS) is 1. The Bertz CT molecular complexity index is 457. The average Bonchev–Trinajstić information content (AvgIpc) is 2.35. The minimum Gasteiger partial charge on any atom is -0.481 e. The molecule has 0 radical (unpaired) electrons. The van der Waals surface area contributed by atoms with Gasteiger partial charge >= 0.3 is 5.97 Å². The monoisotopic (exact) mass is 341 g/mol. The molecule has 0 unspecified atom stereocenters. The Hall–Kier alpha value is -1.36. The normalized spacial score (nSPS) is 12.2. The fourth-order valence-electron chi connectivity index (χ4n) is 2.09. The van der Waals surface area contributed by atoms with Crippen molar-refractivity contribution in [2.24, 2.45) is 11.8 Å².